The maximum Gasteiger partial charge on any atom is 0.251 e. The second-order valence-electron chi connectivity index (χ2n) is 5.65. The molecule has 0 radical (unpaired) electrons. The van der Waals surface area contributed by atoms with Crippen LogP contribution in [0.2, 0.25) is 0 Å². The number of aromatic nitrogens is 1. The zero-order valence-electron chi connectivity index (χ0n) is 12.0. The van der Waals surface area contributed by atoms with Gasteiger partial charge in [-0.1, -0.05) is 13.8 Å². The van der Waals surface area contributed by atoms with E-state index in [2.05, 4.69) is 28.9 Å². The van der Waals surface area contributed by atoms with Crippen molar-refractivity contribution in [3.05, 3.63) is 11.2 Å². The van der Waals surface area contributed by atoms with E-state index in [1.165, 1.54) is 17.5 Å². The Kier molecular flexibility index (Phi) is 5.98. The van der Waals surface area contributed by atoms with Crippen LogP contribution in [0.1, 0.15) is 31.7 Å². The Hall–Kier alpha value is -0.210. The third-order valence-electron chi connectivity index (χ3n) is 3.67. The van der Waals surface area contributed by atoms with Gasteiger partial charge in [0.1, 0.15) is 0 Å². The molecule has 20 heavy (non-hydrogen) atoms. The van der Waals surface area contributed by atoms with E-state index < -0.39 is 10.0 Å². The van der Waals surface area contributed by atoms with Crippen LogP contribution in [0.4, 0.5) is 0 Å². The molecular formula is C12H22ClN3O2S2. The summed E-state index contributed by atoms with van der Waals surface area (Å²) in [5.74, 6) is 0. The van der Waals surface area contributed by atoms with Gasteiger partial charge in [-0.25, -0.2) is 18.1 Å². The number of thiazole rings is 1. The van der Waals surface area contributed by atoms with E-state index in [0.29, 0.717) is 10.8 Å². The second kappa shape index (κ2) is 6.70. The van der Waals surface area contributed by atoms with Crippen LogP contribution >= 0.6 is 23.7 Å². The van der Waals surface area contributed by atoms with E-state index in [1.807, 2.05) is 0 Å². The Balaban J connectivity index is 0.00000200. The highest BCUT2D eigenvalue weighted by molar-refractivity contribution is 7.91. The van der Waals surface area contributed by atoms with Crippen molar-refractivity contribution in [1.29, 1.82) is 0 Å². The maximum absolute atomic E-state index is 12.1. The first-order valence-electron chi connectivity index (χ1n) is 6.47. The predicted octanol–water partition coefficient (Wildman–Crippen LogP) is 1.93. The van der Waals surface area contributed by atoms with Crippen LogP contribution < -0.4 is 10.0 Å². The van der Waals surface area contributed by atoms with Crippen molar-refractivity contribution in [3.63, 3.8) is 0 Å². The number of aryl methyl sites for hydroxylation is 1. The van der Waals surface area contributed by atoms with E-state index in [9.17, 15) is 8.42 Å². The number of nitrogens with zero attached hydrogens (tertiary/aromatic N) is 1. The van der Waals surface area contributed by atoms with Crippen molar-refractivity contribution in [1.82, 2.24) is 15.0 Å². The Morgan fingerprint density at radius 1 is 1.55 bits per heavy atom. The summed E-state index contributed by atoms with van der Waals surface area (Å²) < 4.78 is 27.2. The molecule has 0 amide bonds. The van der Waals surface area contributed by atoms with Gasteiger partial charge in [-0.05, 0) is 31.7 Å². The van der Waals surface area contributed by atoms with Crippen LogP contribution in [-0.4, -0.2) is 32.5 Å². The molecule has 0 aliphatic carbocycles. The molecule has 1 aromatic rings. The van der Waals surface area contributed by atoms with Crippen LogP contribution in [0.5, 0.6) is 0 Å². The minimum atomic E-state index is -3.42. The smallest absolute Gasteiger partial charge is 0.251 e. The van der Waals surface area contributed by atoms with Gasteiger partial charge in [0.05, 0.1) is 11.2 Å². The molecule has 1 saturated heterocycles. The first-order chi connectivity index (χ1) is 8.81. The topological polar surface area (TPSA) is 71.1 Å². The highest BCUT2D eigenvalue weighted by Crippen LogP contribution is 2.30. The molecule has 116 valence electrons. The van der Waals surface area contributed by atoms with E-state index in [4.69, 9.17) is 0 Å². The number of nitrogens with one attached hydrogen (secondary N) is 2. The van der Waals surface area contributed by atoms with Gasteiger partial charge in [-0.3, -0.25) is 0 Å². The standard InChI is InChI=1S/C12H21N3O2S2.ClH/c1-9-14-8-11(18-9)19(16,17)15-7-10-12(2,3)5-4-6-13-10;/h8,10,13,15H,4-7H2,1-3H3;1H. The van der Waals surface area contributed by atoms with Gasteiger partial charge in [0, 0.05) is 12.6 Å². The Bertz CT molecular complexity index is 543. The fourth-order valence-electron chi connectivity index (χ4n) is 2.35. The lowest BCUT2D eigenvalue weighted by Gasteiger charge is -2.39. The van der Waals surface area contributed by atoms with Gasteiger partial charge in [-0.15, -0.1) is 23.7 Å². The molecule has 0 aromatic carbocycles. The number of sulfonamides is 1. The number of hydrogen-bond acceptors (Lipinski definition) is 5. The monoisotopic (exact) mass is 339 g/mol. The first-order valence-corrected chi connectivity index (χ1v) is 8.77. The molecule has 0 saturated carbocycles. The minimum Gasteiger partial charge on any atom is -0.312 e. The number of hydrogen-bond donors (Lipinski definition) is 2. The summed E-state index contributed by atoms with van der Waals surface area (Å²) in [5, 5.41) is 4.16. The molecule has 1 unspecified atom stereocenters. The van der Waals surface area contributed by atoms with Crippen molar-refractivity contribution in [2.45, 2.75) is 43.9 Å². The summed E-state index contributed by atoms with van der Waals surface area (Å²) in [6.07, 6.45) is 3.68. The van der Waals surface area contributed by atoms with Gasteiger partial charge in [0.25, 0.3) is 10.0 Å². The fraction of sp³-hybridized carbons (Fsp3) is 0.750. The van der Waals surface area contributed by atoms with E-state index in [-0.39, 0.29) is 23.9 Å². The Morgan fingerprint density at radius 2 is 2.25 bits per heavy atom. The predicted molar refractivity (Wildman–Crippen MR) is 84.1 cm³/mol. The molecule has 1 fully saturated rings. The lowest BCUT2D eigenvalue weighted by atomic mass is 9.78. The SMILES string of the molecule is Cc1ncc(S(=O)(=O)NCC2NCCCC2(C)C)s1.Cl. The Morgan fingerprint density at radius 3 is 2.80 bits per heavy atom. The summed E-state index contributed by atoms with van der Waals surface area (Å²) in [4.78, 5) is 3.99. The molecule has 1 aliphatic heterocycles. The molecule has 1 atom stereocenters. The van der Waals surface area contributed by atoms with E-state index in [0.717, 1.165) is 24.4 Å². The normalized spacial score (nSPS) is 22.2. The van der Waals surface area contributed by atoms with Crippen LogP contribution in [-0.2, 0) is 10.0 Å². The number of rotatable bonds is 4. The number of halogens is 1. The molecule has 0 spiro atoms. The Labute approximate surface area is 131 Å². The van der Waals surface area contributed by atoms with Crippen LogP contribution in [0, 0.1) is 12.3 Å². The molecule has 1 aromatic heterocycles. The summed E-state index contributed by atoms with van der Waals surface area (Å²) in [7, 11) is -3.42. The van der Waals surface area contributed by atoms with Gasteiger partial charge in [-0.2, -0.15) is 0 Å². The lowest BCUT2D eigenvalue weighted by molar-refractivity contribution is 0.182. The third kappa shape index (κ3) is 4.14. The maximum atomic E-state index is 12.1. The van der Waals surface area contributed by atoms with Gasteiger partial charge in [0.15, 0.2) is 4.21 Å². The van der Waals surface area contributed by atoms with Crippen LogP contribution in [0.25, 0.3) is 0 Å². The summed E-state index contributed by atoms with van der Waals surface area (Å²) in [5.41, 5.74) is 0.115. The lowest BCUT2D eigenvalue weighted by Crippen LogP contribution is -2.52. The minimum absolute atomic E-state index is 0. The second-order valence-corrected chi connectivity index (χ2v) is 8.88. The molecule has 1 aliphatic rings. The molecule has 2 N–H and O–H groups in total. The van der Waals surface area contributed by atoms with Gasteiger partial charge in [0.2, 0.25) is 0 Å². The summed E-state index contributed by atoms with van der Waals surface area (Å²) >= 11 is 1.20. The van der Waals surface area contributed by atoms with E-state index >= 15 is 0 Å². The zero-order valence-corrected chi connectivity index (χ0v) is 14.4. The van der Waals surface area contributed by atoms with Crippen molar-refractivity contribution in [2.75, 3.05) is 13.1 Å². The fourth-order valence-corrected chi connectivity index (χ4v) is 4.55. The molecule has 5 nitrogen and oxygen atoms in total. The van der Waals surface area contributed by atoms with E-state index in [1.54, 1.807) is 6.92 Å². The van der Waals surface area contributed by atoms with Crippen LogP contribution in [0.3, 0.4) is 0 Å². The molecule has 2 heterocycles. The summed E-state index contributed by atoms with van der Waals surface area (Å²) in [6, 6.07) is 0.171. The highest BCUT2D eigenvalue weighted by Gasteiger charge is 2.32. The van der Waals surface area contributed by atoms with Gasteiger partial charge >= 0.3 is 0 Å². The van der Waals surface area contributed by atoms with Gasteiger partial charge < -0.3 is 5.32 Å². The van der Waals surface area contributed by atoms with Crippen molar-refractivity contribution in [2.24, 2.45) is 5.41 Å². The quantitative estimate of drug-likeness (QED) is 0.879. The first kappa shape index (κ1) is 17.8. The molecular weight excluding hydrogens is 318 g/mol. The molecule has 0 bridgehead atoms. The average Bonchev–Trinajstić information content (AvgIpc) is 2.75. The molecule has 2 rings (SSSR count). The summed E-state index contributed by atoms with van der Waals surface area (Å²) in [6.45, 7) is 7.53. The molecule has 8 heteroatoms. The van der Waals surface area contributed by atoms with Crippen molar-refractivity contribution in [3.8, 4) is 0 Å². The third-order valence-corrected chi connectivity index (χ3v) is 6.47. The number of piperidine rings is 1. The zero-order chi connectivity index (χ0) is 14.1. The largest absolute Gasteiger partial charge is 0.312 e. The van der Waals surface area contributed by atoms with Crippen molar-refractivity contribution < 1.29 is 8.42 Å². The average molecular weight is 340 g/mol. The van der Waals surface area contributed by atoms with Crippen LogP contribution in [0.15, 0.2) is 10.4 Å². The highest BCUT2D eigenvalue weighted by atomic mass is 35.5. The van der Waals surface area contributed by atoms with Crippen molar-refractivity contribution >= 4 is 33.8 Å².